The van der Waals surface area contributed by atoms with Crippen LogP contribution in [0.4, 0.5) is 8.78 Å². The van der Waals surface area contributed by atoms with Gasteiger partial charge in [-0.3, -0.25) is 4.79 Å². The number of carbonyl (C=O) groups is 1. The highest BCUT2D eigenvalue weighted by molar-refractivity contribution is 6.30. The van der Waals surface area contributed by atoms with Crippen molar-refractivity contribution in [2.75, 3.05) is 20.6 Å². The minimum absolute atomic E-state index is 0.148. The lowest BCUT2D eigenvalue weighted by molar-refractivity contribution is 0.0946. The molecule has 30 heavy (non-hydrogen) atoms. The summed E-state index contributed by atoms with van der Waals surface area (Å²) in [5.41, 5.74) is 1.45. The van der Waals surface area contributed by atoms with Gasteiger partial charge in [0.1, 0.15) is 0 Å². The summed E-state index contributed by atoms with van der Waals surface area (Å²) in [7, 11) is 4.25. The Hall–Kier alpha value is -1.98. The molecule has 3 nitrogen and oxygen atoms in total. The summed E-state index contributed by atoms with van der Waals surface area (Å²) in [6.45, 7) is 0.543. The molecule has 2 aromatic carbocycles. The summed E-state index contributed by atoms with van der Waals surface area (Å²) in [5.74, 6) is -1.15. The van der Waals surface area contributed by atoms with Crippen LogP contribution in [-0.2, 0) is 0 Å². The third kappa shape index (κ3) is 5.79. The number of nitrogens with zero attached hydrogens (tertiary/aromatic N) is 1. The quantitative estimate of drug-likeness (QED) is 0.593. The summed E-state index contributed by atoms with van der Waals surface area (Å²) < 4.78 is 26.3. The van der Waals surface area contributed by atoms with Crippen LogP contribution in [0.5, 0.6) is 0 Å². The second-order valence-corrected chi connectivity index (χ2v) is 8.85. The van der Waals surface area contributed by atoms with Crippen molar-refractivity contribution in [1.82, 2.24) is 10.2 Å². The third-order valence-corrected chi connectivity index (χ3v) is 6.38. The lowest BCUT2D eigenvalue weighted by atomic mass is 9.75. The molecular weight excluding hydrogens is 406 g/mol. The maximum absolute atomic E-state index is 13.3. The van der Waals surface area contributed by atoms with E-state index in [0.29, 0.717) is 24.4 Å². The van der Waals surface area contributed by atoms with Gasteiger partial charge in [-0.1, -0.05) is 36.6 Å². The van der Waals surface area contributed by atoms with E-state index in [2.05, 4.69) is 36.4 Å². The highest BCUT2D eigenvalue weighted by Gasteiger charge is 2.29. The average molecular weight is 435 g/mol. The number of halogens is 3. The van der Waals surface area contributed by atoms with Crippen LogP contribution in [0, 0.1) is 23.5 Å². The number of hydrogen-bond acceptors (Lipinski definition) is 2. The van der Waals surface area contributed by atoms with Gasteiger partial charge in [-0.25, -0.2) is 8.78 Å². The zero-order valence-corrected chi connectivity index (χ0v) is 18.3. The molecule has 2 aromatic rings. The first-order valence-electron chi connectivity index (χ1n) is 10.5. The molecule has 1 saturated carbocycles. The van der Waals surface area contributed by atoms with Crippen molar-refractivity contribution in [3.05, 3.63) is 70.2 Å². The van der Waals surface area contributed by atoms with E-state index in [1.807, 2.05) is 12.1 Å². The number of rotatable bonds is 7. The van der Waals surface area contributed by atoms with E-state index in [1.165, 1.54) is 11.6 Å². The molecule has 3 rings (SSSR count). The summed E-state index contributed by atoms with van der Waals surface area (Å²) in [6, 6.07) is 11.7. The fraction of sp³-hybridized carbons (Fsp3) is 0.458. The maximum atomic E-state index is 13.3. The Morgan fingerprint density at radius 1 is 1.07 bits per heavy atom. The monoisotopic (exact) mass is 434 g/mol. The maximum Gasteiger partial charge on any atom is 0.251 e. The first kappa shape index (κ1) is 22.7. The molecule has 0 spiro atoms. The lowest BCUT2D eigenvalue weighted by Gasteiger charge is -2.37. The Kier molecular flexibility index (Phi) is 7.84. The van der Waals surface area contributed by atoms with Gasteiger partial charge in [0.2, 0.25) is 0 Å². The van der Waals surface area contributed by atoms with Gasteiger partial charge in [0.25, 0.3) is 5.91 Å². The van der Waals surface area contributed by atoms with Crippen molar-refractivity contribution in [2.24, 2.45) is 11.8 Å². The molecule has 162 valence electrons. The predicted octanol–water partition coefficient (Wildman–Crippen LogP) is 5.85. The summed E-state index contributed by atoms with van der Waals surface area (Å²) in [5, 5.41) is 3.58. The molecule has 1 amide bonds. The van der Waals surface area contributed by atoms with E-state index >= 15 is 0 Å². The van der Waals surface area contributed by atoms with Crippen molar-refractivity contribution in [1.29, 1.82) is 0 Å². The molecule has 0 saturated heterocycles. The third-order valence-electron chi connectivity index (χ3n) is 6.13. The molecule has 0 aromatic heterocycles. The number of nitrogens with one attached hydrogen (secondary N) is 1. The molecule has 1 atom stereocenters. The van der Waals surface area contributed by atoms with E-state index in [0.717, 1.165) is 49.3 Å². The first-order valence-corrected chi connectivity index (χ1v) is 10.9. The molecule has 0 radical (unpaired) electrons. The Bertz CT molecular complexity index is 849. The van der Waals surface area contributed by atoms with E-state index in [9.17, 15) is 13.6 Å². The van der Waals surface area contributed by atoms with Crippen molar-refractivity contribution < 1.29 is 13.6 Å². The molecule has 1 aliphatic rings. The molecule has 1 fully saturated rings. The number of carbonyl (C=O) groups excluding carboxylic acids is 1. The molecule has 0 bridgehead atoms. The van der Waals surface area contributed by atoms with Crippen molar-refractivity contribution in [3.8, 4) is 0 Å². The second-order valence-electron chi connectivity index (χ2n) is 8.41. The smallest absolute Gasteiger partial charge is 0.251 e. The van der Waals surface area contributed by atoms with Crippen LogP contribution in [0.15, 0.2) is 42.5 Å². The topological polar surface area (TPSA) is 32.3 Å². The highest BCUT2D eigenvalue weighted by atomic mass is 35.5. The summed E-state index contributed by atoms with van der Waals surface area (Å²) >= 11 is 6.05. The van der Waals surface area contributed by atoms with Crippen LogP contribution in [0.3, 0.4) is 0 Å². The van der Waals surface area contributed by atoms with Crippen LogP contribution in [0.1, 0.15) is 54.1 Å². The molecular formula is C24H29ClF2N2O. The minimum Gasteiger partial charge on any atom is -0.352 e. The number of hydrogen-bond donors (Lipinski definition) is 1. The van der Waals surface area contributed by atoms with Gasteiger partial charge in [-0.2, -0.15) is 0 Å². The standard InChI is InChI=1S/C24H29ClF2N2O/c1-29(2)23(18-7-10-20(25)11-8-18)17-5-3-16(4-6-17)13-14-28-24(30)19-9-12-21(26)22(27)15-19/h7-12,15-17,23H,3-6,13-14H2,1-2H3,(H,28,30). The fourth-order valence-electron chi connectivity index (χ4n) is 4.57. The highest BCUT2D eigenvalue weighted by Crippen LogP contribution is 2.40. The van der Waals surface area contributed by atoms with Gasteiger partial charge in [0, 0.05) is 23.2 Å². The van der Waals surface area contributed by atoms with Crippen LogP contribution in [0.25, 0.3) is 0 Å². The zero-order chi connectivity index (χ0) is 21.7. The van der Waals surface area contributed by atoms with E-state index in [-0.39, 0.29) is 11.5 Å². The van der Waals surface area contributed by atoms with Crippen LogP contribution >= 0.6 is 11.6 Å². The molecule has 1 aliphatic carbocycles. The molecule has 0 heterocycles. The number of amides is 1. The summed E-state index contributed by atoms with van der Waals surface area (Å²) in [4.78, 5) is 14.4. The van der Waals surface area contributed by atoms with Gasteiger partial charge in [-0.15, -0.1) is 0 Å². The van der Waals surface area contributed by atoms with Gasteiger partial charge in [0.15, 0.2) is 11.6 Å². The predicted molar refractivity (Wildman–Crippen MR) is 117 cm³/mol. The zero-order valence-electron chi connectivity index (χ0n) is 17.5. The van der Waals surface area contributed by atoms with E-state index in [4.69, 9.17) is 11.6 Å². The second kappa shape index (κ2) is 10.4. The average Bonchev–Trinajstić information content (AvgIpc) is 2.72. The Labute approximate surface area is 182 Å². The van der Waals surface area contributed by atoms with Gasteiger partial charge >= 0.3 is 0 Å². The van der Waals surface area contributed by atoms with E-state index < -0.39 is 11.6 Å². The van der Waals surface area contributed by atoms with Gasteiger partial charge in [0.05, 0.1) is 0 Å². The number of benzene rings is 2. The normalized spacial score (nSPS) is 20.2. The molecule has 6 heteroatoms. The lowest BCUT2D eigenvalue weighted by Crippen LogP contribution is -2.31. The van der Waals surface area contributed by atoms with Crippen LogP contribution < -0.4 is 5.32 Å². The first-order chi connectivity index (χ1) is 14.3. The summed E-state index contributed by atoms with van der Waals surface area (Å²) in [6.07, 6.45) is 5.45. The van der Waals surface area contributed by atoms with Gasteiger partial charge < -0.3 is 10.2 Å². The Morgan fingerprint density at radius 2 is 1.73 bits per heavy atom. The minimum atomic E-state index is -1.00. The molecule has 1 unspecified atom stereocenters. The van der Waals surface area contributed by atoms with Crippen LogP contribution in [-0.4, -0.2) is 31.4 Å². The van der Waals surface area contributed by atoms with Crippen molar-refractivity contribution >= 4 is 17.5 Å². The van der Waals surface area contributed by atoms with Crippen LogP contribution in [0.2, 0.25) is 5.02 Å². The van der Waals surface area contributed by atoms with E-state index in [1.54, 1.807) is 0 Å². The molecule has 1 N–H and O–H groups in total. The molecule has 0 aliphatic heterocycles. The Morgan fingerprint density at radius 3 is 2.33 bits per heavy atom. The van der Waals surface area contributed by atoms with Crippen molar-refractivity contribution in [2.45, 2.75) is 38.1 Å². The fourth-order valence-corrected chi connectivity index (χ4v) is 4.70. The largest absolute Gasteiger partial charge is 0.352 e. The SMILES string of the molecule is CN(C)C(c1ccc(Cl)cc1)C1CCC(CCNC(=O)c2ccc(F)c(F)c2)CC1. The van der Waals surface area contributed by atoms with Gasteiger partial charge in [-0.05, 0) is 81.1 Å². The Balaban J connectivity index is 1.47. The van der Waals surface area contributed by atoms with Crippen molar-refractivity contribution in [3.63, 3.8) is 0 Å².